The van der Waals surface area contributed by atoms with Gasteiger partial charge in [0.05, 0.1) is 18.2 Å². The van der Waals surface area contributed by atoms with Gasteiger partial charge in [0.15, 0.2) is 17.9 Å². The molecule has 2 fully saturated rings. The number of benzene rings is 2. The zero-order valence-electron chi connectivity index (χ0n) is 17.2. The second-order valence-electron chi connectivity index (χ2n) is 8.59. The second-order valence-corrected chi connectivity index (χ2v) is 8.59. The highest BCUT2D eigenvalue weighted by Gasteiger charge is 2.66. The molecule has 6 atom stereocenters. The number of ether oxygens (including phenoxy) is 2. The van der Waals surface area contributed by atoms with Crippen LogP contribution in [-0.2, 0) is 22.5 Å². The molecular weight excluding hydrogens is 418 g/mol. The van der Waals surface area contributed by atoms with Gasteiger partial charge < -0.3 is 25.4 Å². The van der Waals surface area contributed by atoms with Gasteiger partial charge >= 0.3 is 0 Å². The Bertz CT molecular complexity index is 1130. The topological polar surface area (TPSA) is 97.8 Å². The van der Waals surface area contributed by atoms with Gasteiger partial charge in [-0.2, -0.15) is 0 Å². The molecule has 2 aliphatic rings. The van der Waals surface area contributed by atoms with E-state index in [4.69, 9.17) is 15.2 Å². The maximum atomic E-state index is 15.3. The van der Waals surface area contributed by atoms with Crippen molar-refractivity contribution in [3.63, 3.8) is 0 Å². The fraction of sp³-hybridized carbons (Fsp3) is 0.375. The van der Waals surface area contributed by atoms with Crippen molar-refractivity contribution >= 4 is 16.7 Å². The highest BCUT2D eigenvalue weighted by molar-refractivity contribution is 5.80. The van der Waals surface area contributed by atoms with E-state index in [0.717, 1.165) is 11.1 Å². The van der Waals surface area contributed by atoms with Gasteiger partial charge in [-0.25, -0.2) is 13.8 Å². The Balaban J connectivity index is 1.41. The normalized spacial score (nSPS) is 31.8. The third kappa shape index (κ3) is 3.53. The SMILES string of the molecule is Nc1nc2cc(C[C@H]3[C@H]4OC(O)[C@H](O)[C@@]4(OCc4ccccc4)C[C@@H]3F)ccc2cc1F. The predicted molar refractivity (Wildman–Crippen MR) is 114 cm³/mol. The fourth-order valence-corrected chi connectivity index (χ4v) is 4.95. The highest BCUT2D eigenvalue weighted by atomic mass is 19.1. The number of nitrogens with zero attached hydrogens (tertiary/aromatic N) is 1. The van der Waals surface area contributed by atoms with E-state index >= 15 is 4.39 Å². The molecule has 0 bridgehead atoms. The molecule has 8 heteroatoms. The number of pyridine rings is 1. The molecule has 5 rings (SSSR count). The van der Waals surface area contributed by atoms with Crippen LogP contribution in [-0.4, -0.2) is 45.5 Å². The third-order valence-corrected chi connectivity index (χ3v) is 6.59. The number of alkyl halides is 1. The molecule has 0 amide bonds. The summed E-state index contributed by atoms with van der Waals surface area (Å²) in [4.78, 5) is 4.07. The largest absolute Gasteiger partial charge is 0.385 e. The molecule has 0 spiro atoms. The zero-order chi connectivity index (χ0) is 22.5. The van der Waals surface area contributed by atoms with E-state index in [9.17, 15) is 14.6 Å². The first-order chi connectivity index (χ1) is 15.4. The average Bonchev–Trinajstić information content (AvgIpc) is 3.18. The van der Waals surface area contributed by atoms with E-state index < -0.39 is 42.0 Å². The van der Waals surface area contributed by atoms with Crippen molar-refractivity contribution in [2.75, 3.05) is 5.73 Å². The number of nitrogen functional groups attached to an aromatic ring is 1. The summed E-state index contributed by atoms with van der Waals surface area (Å²) in [7, 11) is 0. The molecule has 1 aliphatic heterocycles. The summed E-state index contributed by atoms with van der Waals surface area (Å²) in [5, 5.41) is 21.5. The molecule has 2 heterocycles. The Kier molecular flexibility index (Phi) is 5.33. The molecule has 1 aromatic heterocycles. The summed E-state index contributed by atoms with van der Waals surface area (Å²) in [6.07, 6.45) is -4.76. The van der Waals surface area contributed by atoms with Crippen molar-refractivity contribution in [1.82, 2.24) is 4.98 Å². The minimum absolute atomic E-state index is 0.0859. The van der Waals surface area contributed by atoms with E-state index in [0.29, 0.717) is 10.9 Å². The number of nitrogens with two attached hydrogens (primary N) is 1. The van der Waals surface area contributed by atoms with Crippen LogP contribution in [0.3, 0.4) is 0 Å². The van der Waals surface area contributed by atoms with Crippen LogP contribution in [0.5, 0.6) is 0 Å². The molecule has 2 aromatic carbocycles. The van der Waals surface area contributed by atoms with Gasteiger partial charge in [-0.1, -0.05) is 42.5 Å². The Labute approximate surface area is 183 Å². The van der Waals surface area contributed by atoms with Crippen LogP contribution in [0.2, 0.25) is 0 Å². The van der Waals surface area contributed by atoms with Crippen molar-refractivity contribution in [2.45, 2.75) is 49.7 Å². The Morgan fingerprint density at radius 3 is 2.69 bits per heavy atom. The Morgan fingerprint density at radius 1 is 1.12 bits per heavy atom. The quantitative estimate of drug-likeness (QED) is 0.562. The van der Waals surface area contributed by atoms with Crippen LogP contribution >= 0.6 is 0 Å². The summed E-state index contributed by atoms with van der Waals surface area (Å²) >= 11 is 0. The molecule has 1 saturated heterocycles. The van der Waals surface area contributed by atoms with Gasteiger partial charge in [0.1, 0.15) is 17.9 Å². The van der Waals surface area contributed by atoms with E-state index in [2.05, 4.69) is 4.98 Å². The smallest absolute Gasteiger partial charge is 0.184 e. The van der Waals surface area contributed by atoms with Crippen LogP contribution < -0.4 is 5.73 Å². The van der Waals surface area contributed by atoms with Crippen LogP contribution in [0.4, 0.5) is 14.6 Å². The summed E-state index contributed by atoms with van der Waals surface area (Å²) in [5.41, 5.74) is 6.38. The summed E-state index contributed by atoms with van der Waals surface area (Å²) in [6, 6.07) is 15.9. The molecule has 6 nitrogen and oxygen atoms in total. The number of halogens is 2. The Hall–Kier alpha value is -2.65. The number of aliphatic hydroxyl groups excluding tert-OH is 2. The molecule has 1 unspecified atom stereocenters. The first-order valence-electron chi connectivity index (χ1n) is 10.6. The molecule has 168 valence electrons. The number of hydrogen-bond acceptors (Lipinski definition) is 6. The minimum Gasteiger partial charge on any atom is -0.385 e. The minimum atomic E-state index is -1.45. The molecule has 0 radical (unpaired) electrons. The maximum absolute atomic E-state index is 15.3. The second kappa shape index (κ2) is 8.04. The number of fused-ring (bicyclic) bond motifs is 2. The average molecular weight is 442 g/mol. The van der Waals surface area contributed by atoms with Gasteiger partial charge in [0.25, 0.3) is 0 Å². The van der Waals surface area contributed by atoms with Gasteiger partial charge in [0, 0.05) is 17.7 Å². The highest BCUT2D eigenvalue weighted by Crippen LogP contribution is 2.50. The predicted octanol–water partition coefficient (Wildman–Crippen LogP) is 2.89. The monoisotopic (exact) mass is 442 g/mol. The molecule has 3 aromatic rings. The van der Waals surface area contributed by atoms with E-state index in [-0.39, 0.29) is 25.3 Å². The van der Waals surface area contributed by atoms with Gasteiger partial charge in [0.2, 0.25) is 0 Å². The van der Waals surface area contributed by atoms with Gasteiger partial charge in [-0.15, -0.1) is 0 Å². The van der Waals surface area contributed by atoms with Crippen molar-refractivity contribution in [3.05, 3.63) is 71.5 Å². The zero-order valence-corrected chi connectivity index (χ0v) is 17.2. The van der Waals surface area contributed by atoms with E-state index in [1.54, 1.807) is 18.2 Å². The first kappa shape index (κ1) is 21.2. The van der Waals surface area contributed by atoms with Crippen LogP contribution in [0.1, 0.15) is 17.5 Å². The van der Waals surface area contributed by atoms with Crippen LogP contribution in [0, 0.1) is 11.7 Å². The number of anilines is 1. The molecule has 32 heavy (non-hydrogen) atoms. The lowest BCUT2D eigenvalue weighted by molar-refractivity contribution is -0.146. The molecule has 4 N–H and O–H groups in total. The third-order valence-electron chi connectivity index (χ3n) is 6.59. The fourth-order valence-electron chi connectivity index (χ4n) is 4.95. The first-order valence-corrected chi connectivity index (χ1v) is 10.6. The molecule has 1 saturated carbocycles. The van der Waals surface area contributed by atoms with Crippen molar-refractivity contribution in [1.29, 1.82) is 0 Å². The number of hydrogen-bond donors (Lipinski definition) is 3. The van der Waals surface area contributed by atoms with Crippen LogP contribution in [0.15, 0.2) is 54.6 Å². The summed E-state index contributed by atoms with van der Waals surface area (Å²) < 4.78 is 40.6. The number of aromatic nitrogens is 1. The maximum Gasteiger partial charge on any atom is 0.184 e. The van der Waals surface area contributed by atoms with Crippen molar-refractivity contribution in [2.24, 2.45) is 5.92 Å². The van der Waals surface area contributed by atoms with Gasteiger partial charge in [-0.3, -0.25) is 0 Å². The lowest BCUT2D eigenvalue weighted by Gasteiger charge is -2.32. The number of aliphatic hydroxyl groups is 2. The lowest BCUT2D eigenvalue weighted by atomic mass is 9.89. The van der Waals surface area contributed by atoms with Crippen molar-refractivity contribution in [3.8, 4) is 0 Å². The summed E-state index contributed by atoms with van der Waals surface area (Å²) in [5.74, 6) is -1.43. The lowest BCUT2D eigenvalue weighted by Crippen LogP contribution is -2.48. The van der Waals surface area contributed by atoms with E-state index in [1.807, 2.05) is 30.3 Å². The number of rotatable bonds is 5. The van der Waals surface area contributed by atoms with Gasteiger partial charge in [-0.05, 0) is 29.7 Å². The standard InChI is InChI=1S/C24H24F2N2O4/c25-17-10-15-7-6-14(9-19(15)28-22(17)27)8-16-18(26)11-24(20(29)23(30)32-21(16)24)31-12-13-4-2-1-3-5-13/h1-7,9-10,16,18,20-21,23,29-30H,8,11-12H2,(H2,27,28)/t16-,18+,20+,21-,23?,24+/m1/s1. The molecular formula is C24H24F2N2O4. The summed E-state index contributed by atoms with van der Waals surface area (Å²) in [6.45, 7) is 0.161. The van der Waals surface area contributed by atoms with Crippen molar-refractivity contribution < 1.29 is 28.5 Å². The van der Waals surface area contributed by atoms with E-state index in [1.165, 1.54) is 6.07 Å². The van der Waals surface area contributed by atoms with Crippen LogP contribution in [0.25, 0.3) is 10.9 Å². The Morgan fingerprint density at radius 2 is 1.91 bits per heavy atom. The molecule has 1 aliphatic carbocycles.